The van der Waals surface area contributed by atoms with Crippen molar-refractivity contribution in [2.75, 3.05) is 13.7 Å². The van der Waals surface area contributed by atoms with Crippen LogP contribution < -0.4 is 10.6 Å². The number of hydrogen-bond donors (Lipinski definition) is 3. The van der Waals surface area contributed by atoms with Gasteiger partial charge in [0, 0.05) is 7.05 Å². The summed E-state index contributed by atoms with van der Waals surface area (Å²) < 4.78 is 0. The second-order valence-corrected chi connectivity index (χ2v) is 2.34. The Balaban J connectivity index is 3.89. The van der Waals surface area contributed by atoms with E-state index in [-0.39, 0.29) is 12.6 Å². The first-order valence-corrected chi connectivity index (χ1v) is 3.79. The molecule has 0 spiro atoms. The molecule has 0 radical (unpaired) electrons. The van der Waals surface area contributed by atoms with E-state index in [1.807, 2.05) is 6.92 Å². The van der Waals surface area contributed by atoms with E-state index >= 15 is 0 Å². The van der Waals surface area contributed by atoms with Crippen molar-refractivity contribution >= 4 is 11.8 Å². The summed E-state index contributed by atoms with van der Waals surface area (Å²) in [5.41, 5.74) is 0. The van der Waals surface area contributed by atoms with Crippen LogP contribution in [-0.2, 0) is 9.59 Å². The van der Waals surface area contributed by atoms with Gasteiger partial charge in [0.2, 0.25) is 0 Å². The van der Waals surface area contributed by atoms with Crippen LogP contribution in [0.1, 0.15) is 13.3 Å². The molecule has 5 heteroatoms. The van der Waals surface area contributed by atoms with E-state index in [9.17, 15) is 9.59 Å². The summed E-state index contributed by atoms with van der Waals surface area (Å²) in [5.74, 6) is -1.40. The van der Waals surface area contributed by atoms with Crippen molar-refractivity contribution in [1.82, 2.24) is 10.6 Å². The lowest BCUT2D eigenvalue weighted by molar-refractivity contribution is -0.139. The largest absolute Gasteiger partial charge is 0.394 e. The smallest absolute Gasteiger partial charge is 0.309 e. The monoisotopic (exact) mass is 174 g/mol. The second-order valence-electron chi connectivity index (χ2n) is 2.34. The van der Waals surface area contributed by atoms with E-state index in [0.717, 1.165) is 0 Å². The Labute approximate surface area is 71.1 Å². The summed E-state index contributed by atoms with van der Waals surface area (Å²) in [7, 11) is 1.38. The molecule has 0 unspecified atom stereocenters. The molecule has 0 saturated carbocycles. The van der Waals surface area contributed by atoms with E-state index in [1.165, 1.54) is 7.05 Å². The van der Waals surface area contributed by atoms with Crippen molar-refractivity contribution in [2.45, 2.75) is 19.4 Å². The van der Waals surface area contributed by atoms with E-state index in [4.69, 9.17) is 5.11 Å². The molecule has 0 aromatic rings. The Hall–Kier alpha value is -1.10. The van der Waals surface area contributed by atoms with E-state index in [2.05, 4.69) is 10.6 Å². The van der Waals surface area contributed by atoms with Gasteiger partial charge in [0.15, 0.2) is 0 Å². The Morgan fingerprint density at radius 3 is 2.33 bits per heavy atom. The van der Waals surface area contributed by atoms with Crippen LogP contribution in [0.5, 0.6) is 0 Å². The van der Waals surface area contributed by atoms with Crippen molar-refractivity contribution < 1.29 is 14.7 Å². The standard InChI is InChI=1S/C7H14N2O3/c1-3-5(4-10)9-7(12)6(11)8-2/h5,10H,3-4H2,1-2H3,(H,8,11)(H,9,12)/t5-/m1/s1. The highest BCUT2D eigenvalue weighted by atomic mass is 16.3. The normalized spacial score (nSPS) is 11.9. The highest BCUT2D eigenvalue weighted by molar-refractivity contribution is 6.35. The van der Waals surface area contributed by atoms with Crippen molar-refractivity contribution in [3.63, 3.8) is 0 Å². The SMILES string of the molecule is CC[C@H](CO)NC(=O)C(=O)NC. The van der Waals surface area contributed by atoms with Gasteiger partial charge in [-0.3, -0.25) is 9.59 Å². The van der Waals surface area contributed by atoms with Gasteiger partial charge in [-0.25, -0.2) is 0 Å². The maximum absolute atomic E-state index is 10.9. The zero-order valence-corrected chi connectivity index (χ0v) is 7.26. The highest BCUT2D eigenvalue weighted by Crippen LogP contribution is 1.87. The molecule has 1 atom stereocenters. The van der Waals surface area contributed by atoms with Crippen LogP contribution in [0.15, 0.2) is 0 Å². The summed E-state index contributed by atoms with van der Waals surface area (Å²) in [5, 5.41) is 13.2. The van der Waals surface area contributed by atoms with Gasteiger partial charge in [-0.15, -0.1) is 0 Å². The van der Waals surface area contributed by atoms with E-state index in [1.54, 1.807) is 0 Å². The topological polar surface area (TPSA) is 78.4 Å². The number of rotatable bonds is 3. The first-order valence-electron chi connectivity index (χ1n) is 3.79. The molecule has 12 heavy (non-hydrogen) atoms. The summed E-state index contributed by atoms with van der Waals surface area (Å²) in [6.45, 7) is 1.66. The Kier molecular flexibility index (Phi) is 5.03. The molecule has 5 nitrogen and oxygen atoms in total. The number of amides is 2. The number of carbonyl (C=O) groups excluding carboxylic acids is 2. The molecular weight excluding hydrogens is 160 g/mol. The fourth-order valence-electron chi connectivity index (χ4n) is 0.641. The van der Waals surface area contributed by atoms with Crippen molar-refractivity contribution in [2.24, 2.45) is 0 Å². The van der Waals surface area contributed by atoms with Crippen LogP contribution in [0.4, 0.5) is 0 Å². The van der Waals surface area contributed by atoms with Gasteiger partial charge in [-0.2, -0.15) is 0 Å². The fourth-order valence-corrected chi connectivity index (χ4v) is 0.641. The van der Waals surface area contributed by atoms with Gasteiger partial charge in [0.05, 0.1) is 12.6 Å². The Bertz CT molecular complexity index is 166. The van der Waals surface area contributed by atoms with Crippen LogP contribution in [0.2, 0.25) is 0 Å². The van der Waals surface area contributed by atoms with Gasteiger partial charge in [0.25, 0.3) is 0 Å². The number of carbonyl (C=O) groups is 2. The lowest BCUT2D eigenvalue weighted by Crippen LogP contribution is -2.44. The lowest BCUT2D eigenvalue weighted by Gasteiger charge is -2.12. The molecule has 0 rings (SSSR count). The Morgan fingerprint density at radius 2 is 2.00 bits per heavy atom. The lowest BCUT2D eigenvalue weighted by atomic mass is 10.2. The van der Waals surface area contributed by atoms with Gasteiger partial charge < -0.3 is 15.7 Å². The minimum absolute atomic E-state index is 0.154. The summed E-state index contributed by atoms with van der Waals surface area (Å²) >= 11 is 0. The molecule has 0 aromatic carbocycles. The molecule has 0 fully saturated rings. The quantitative estimate of drug-likeness (QED) is 0.461. The average molecular weight is 174 g/mol. The van der Waals surface area contributed by atoms with Gasteiger partial charge >= 0.3 is 11.8 Å². The minimum atomic E-state index is -0.710. The van der Waals surface area contributed by atoms with Gasteiger partial charge in [0.1, 0.15) is 0 Å². The predicted molar refractivity (Wildman–Crippen MR) is 43.4 cm³/mol. The van der Waals surface area contributed by atoms with Crippen LogP contribution >= 0.6 is 0 Å². The molecule has 0 heterocycles. The minimum Gasteiger partial charge on any atom is -0.394 e. The second kappa shape index (κ2) is 5.54. The molecule has 0 bridgehead atoms. The number of nitrogens with one attached hydrogen (secondary N) is 2. The van der Waals surface area contributed by atoms with E-state index < -0.39 is 11.8 Å². The molecule has 0 aliphatic carbocycles. The van der Waals surface area contributed by atoms with Crippen LogP contribution in [0.3, 0.4) is 0 Å². The molecule has 0 saturated heterocycles. The van der Waals surface area contributed by atoms with Gasteiger partial charge in [-0.05, 0) is 6.42 Å². The summed E-state index contributed by atoms with van der Waals surface area (Å²) in [6, 6.07) is -0.338. The number of aliphatic hydroxyl groups is 1. The number of hydrogen-bond acceptors (Lipinski definition) is 3. The Morgan fingerprint density at radius 1 is 1.42 bits per heavy atom. The van der Waals surface area contributed by atoms with E-state index in [0.29, 0.717) is 6.42 Å². The third-order valence-corrected chi connectivity index (χ3v) is 1.48. The third kappa shape index (κ3) is 3.34. The average Bonchev–Trinajstić information content (AvgIpc) is 2.12. The summed E-state index contributed by atoms with van der Waals surface area (Å²) in [6.07, 6.45) is 0.596. The van der Waals surface area contributed by atoms with Crippen LogP contribution in [-0.4, -0.2) is 36.6 Å². The fraction of sp³-hybridized carbons (Fsp3) is 0.714. The molecule has 0 aliphatic rings. The maximum atomic E-state index is 10.9. The molecule has 3 N–H and O–H groups in total. The zero-order chi connectivity index (χ0) is 9.56. The summed E-state index contributed by atoms with van der Waals surface area (Å²) in [4.78, 5) is 21.5. The zero-order valence-electron chi connectivity index (χ0n) is 7.26. The molecule has 0 aliphatic heterocycles. The first-order chi connectivity index (χ1) is 5.65. The highest BCUT2D eigenvalue weighted by Gasteiger charge is 2.14. The van der Waals surface area contributed by atoms with Crippen LogP contribution in [0, 0.1) is 0 Å². The molecule has 2 amide bonds. The molecule has 70 valence electrons. The maximum Gasteiger partial charge on any atom is 0.309 e. The van der Waals surface area contributed by atoms with Crippen molar-refractivity contribution in [1.29, 1.82) is 0 Å². The number of aliphatic hydroxyl groups excluding tert-OH is 1. The third-order valence-electron chi connectivity index (χ3n) is 1.48. The molecule has 0 aromatic heterocycles. The van der Waals surface area contributed by atoms with Crippen molar-refractivity contribution in [3.8, 4) is 0 Å². The van der Waals surface area contributed by atoms with Crippen molar-refractivity contribution in [3.05, 3.63) is 0 Å². The molecular formula is C7H14N2O3. The van der Waals surface area contributed by atoms with Crippen LogP contribution in [0.25, 0.3) is 0 Å². The number of likely N-dealkylation sites (N-methyl/N-ethyl adjacent to an activating group) is 1. The first kappa shape index (κ1) is 10.9. The predicted octanol–water partition coefficient (Wildman–Crippen LogP) is -1.38. The van der Waals surface area contributed by atoms with Gasteiger partial charge in [-0.1, -0.05) is 6.92 Å².